The van der Waals surface area contributed by atoms with Gasteiger partial charge >= 0.3 is 8.56 Å². The Morgan fingerprint density at radius 2 is 1.50 bits per heavy atom. The molecule has 0 aliphatic rings. The molecule has 3 heteroatoms. The van der Waals surface area contributed by atoms with Crippen molar-refractivity contribution in [2.24, 2.45) is 11.8 Å². The van der Waals surface area contributed by atoms with E-state index in [0.29, 0.717) is 5.92 Å². The van der Waals surface area contributed by atoms with Gasteiger partial charge in [-0.05, 0) is 38.3 Å². The van der Waals surface area contributed by atoms with Crippen LogP contribution in [0.3, 0.4) is 0 Å². The summed E-state index contributed by atoms with van der Waals surface area (Å²) < 4.78 is 11.6. The first-order valence-electron chi connectivity index (χ1n) is 7.65. The van der Waals surface area contributed by atoms with E-state index in [4.69, 9.17) is 8.85 Å². The van der Waals surface area contributed by atoms with Gasteiger partial charge in [0.25, 0.3) is 0 Å². The molecular formula is C15H34O2Si. The normalized spacial score (nSPS) is 14.2. The van der Waals surface area contributed by atoms with Gasteiger partial charge in [0.2, 0.25) is 0 Å². The fourth-order valence-corrected chi connectivity index (χ4v) is 3.50. The Bertz CT molecular complexity index is 193. The maximum Gasteiger partial charge on any atom is 0.331 e. The van der Waals surface area contributed by atoms with Crippen molar-refractivity contribution in [3.05, 3.63) is 0 Å². The van der Waals surface area contributed by atoms with Crippen molar-refractivity contribution >= 4 is 8.56 Å². The highest BCUT2D eigenvalue weighted by molar-refractivity contribution is 6.64. The first kappa shape index (κ1) is 18.1. The van der Waals surface area contributed by atoms with E-state index in [-0.39, 0.29) is 0 Å². The molecule has 0 amide bonds. The first-order valence-corrected chi connectivity index (χ1v) is 10.5. The van der Waals surface area contributed by atoms with Crippen LogP contribution >= 0.6 is 0 Å². The summed E-state index contributed by atoms with van der Waals surface area (Å²) in [6.45, 7) is 14.8. The second-order valence-corrected chi connectivity index (χ2v) is 9.66. The van der Waals surface area contributed by atoms with Gasteiger partial charge in [-0.25, -0.2) is 0 Å². The fraction of sp³-hybridized carbons (Fsp3) is 1.00. The van der Waals surface area contributed by atoms with Crippen molar-refractivity contribution in [1.29, 1.82) is 0 Å². The lowest BCUT2D eigenvalue weighted by Crippen LogP contribution is -2.36. The van der Waals surface area contributed by atoms with E-state index >= 15 is 0 Å². The monoisotopic (exact) mass is 274 g/mol. The van der Waals surface area contributed by atoms with E-state index < -0.39 is 8.56 Å². The Morgan fingerprint density at radius 1 is 0.889 bits per heavy atom. The van der Waals surface area contributed by atoms with Crippen molar-refractivity contribution < 1.29 is 8.85 Å². The van der Waals surface area contributed by atoms with Crippen molar-refractivity contribution in [2.75, 3.05) is 13.2 Å². The molecule has 110 valence electrons. The minimum atomic E-state index is -1.84. The molecule has 0 aromatic carbocycles. The standard InChI is InChI=1S/C15H34O2Si/c1-7-16-18(5,6)17-13-15(4)12-10-8-9-11-14(2)3/h14-15H,7-13H2,1-6H3. The van der Waals surface area contributed by atoms with Crippen molar-refractivity contribution in [1.82, 2.24) is 0 Å². The highest BCUT2D eigenvalue weighted by atomic mass is 28.4. The minimum Gasteiger partial charge on any atom is -0.395 e. The third-order valence-electron chi connectivity index (χ3n) is 3.19. The van der Waals surface area contributed by atoms with Gasteiger partial charge in [0.15, 0.2) is 0 Å². The summed E-state index contributed by atoms with van der Waals surface area (Å²) >= 11 is 0. The van der Waals surface area contributed by atoms with Gasteiger partial charge in [0, 0.05) is 13.2 Å². The van der Waals surface area contributed by atoms with E-state index in [0.717, 1.165) is 19.1 Å². The highest BCUT2D eigenvalue weighted by Gasteiger charge is 2.24. The Hall–Kier alpha value is 0.137. The van der Waals surface area contributed by atoms with Gasteiger partial charge < -0.3 is 8.85 Å². The van der Waals surface area contributed by atoms with Crippen LogP contribution in [0.5, 0.6) is 0 Å². The molecule has 0 radical (unpaired) electrons. The molecule has 0 fully saturated rings. The van der Waals surface area contributed by atoms with Crippen LogP contribution in [0, 0.1) is 11.8 Å². The van der Waals surface area contributed by atoms with E-state index in [2.05, 4.69) is 33.9 Å². The summed E-state index contributed by atoms with van der Waals surface area (Å²) in [4.78, 5) is 0. The van der Waals surface area contributed by atoms with Crippen LogP contribution in [-0.2, 0) is 8.85 Å². The molecule has 0 saturated carbocycles. The summed E-state index contributed by atoms with van der Waals surface area (Å²) in [5, 5.41) is 0. The van der Waals surface area contributed by atoms with Crippen molar-refractivity contribution in [3.63, 3.8) is 0 Å². The Labute approximate surface area is 116 Å². The topological polar surface area (TPSA) is 18.5 Å². The Kier molecular flexibility index (Phi) is 10.1. The summed E-state index contributed by atoms with van der Waals surface area (Å²) in [7, 11) is -1.84. The van der Waals surface area contributed by atoms with Crippen LogP contribution in [0.15, 0.2) is 0 Å². The summed E-state index contributed by atoms with van der Waals surface area (Å²) in [5.74, 6) is 1.51. The van der Waals surface area contributed by atoms with E-state index in [1.54, 1.807) is 0 Å². The van der Waals surface area contributed by atoms with Crippen LogP contribution in [0.4, 0.5) is 0 Å². The second kappa shape index (κ2) is 9.99. The molecule has 1 atom stereocenters. The third kappa shape index (κ3) is 11.2. The number of rotatable bonds is 11. The largest absolute Gasteiger partial charge is 0.395 e. The maximum atomic E-state index is 5.94. The van der Waals surface area contributed by atoms with Crippen LogP contribution in [0.2, 0.25) is 13.1 Å². The smallest absolute Gasteiger partial charge is 0.331 e. The predicted octanol–water partition coefficient (Wildman–Crippen LogP) is 4.98. The average molecular weight is 275 g/mol. The molecule has 0 spiro atoms. The van der Waals surface area contributed by atoms with Gasteiger partial charge in [-0.1, -0.05) is 46.5 Å². The number of hydrogen-bond donors (Lipinski definition) is 0. The molecule has 18 heavy (non-hydrogen) atoms. The predicted molar refractivity (Wildman–Crippen MR) is 82.1 cm³/mol. The Morgan fingerprint density at radius 3 is 2.06 bits per heavy atom. The van der Waals surface area contributed by atoms with Crippen LogP contribution in [0.1, 0.15) is 59.8 Å². The zero-order valence-corrected chi connectivity index (χ0v) is 14.4. The quantitative estimate of drug-likeness (QED) is 0.390. The molecule has 0 bridgehead atoms. The lowest BCUT2D eigenvalue weighted by atomic mass is 10.0. The Balaban J connectivity index is 3.50. The average Bonchev–Trinajstić information content (AvgIpc) is 2.25. The highest BCUT2D eigenvalue weighted by Crippen LogP contribution is 2.15. The summed E-state index contributed by atoms with van der Waals surface area (Å²) in [6, 6.07) is 0. The van der Waals surface area contributed by atoms with E-state index in [9.17, 15) is 0 Å². The zero-order valence-electron chi connectivity index (χ0n) is 13.4. The van der Waals surface area contributed by atoms with Gasteiger partial charge in [-0.3, -0.25) is 0 Å². The zero-order chi connectivity index (χ0) is 14.0. The van der Waals surface area contributed by atoms with Gasteiger partial charge in [0.05, 0.1) is 0 Å². The molecule has 0 rings (SSSR count). The van der Waals surface area contributed by atoms with Gasteiger partial charge in [-0.15, -0.1) is 0 Å². The van der Waals surface area contributed by atoms with Gasteiger partial charge in [-0.2, -0.15) is 0 Å². The maximum absolute atomic E-state index is 5.94. The summed E-state index contributed by atoms with van der Waals surface area (Å²) in [5.41, 5.74) is 0. The molecular weight excluding hydrogens is 240 g/mol. The minimum absolute atomic E-state index is 0.663. The van der Waals surface area contributed by atoms with Gasteiger partial charge in [0.1, 0.15) is 0 Å². The molecule has 0 aromatic rings. The lowest BCUT2D eigenvalue weighted by molar-refractivity contribution is 0.160. The van der Waals surface area contributed by atoms with Crippen molar-refractivity contribution in [2.45, 2.75) is 72.9 Å². The molecule has 0 aliphatic carbocycles. The van der Waals surface area contributed by atoms with Crippen LogP contribution in [0.25, 0.3) is 0 Å². The van der Waals surface area contributed by atoms with E-state index in [1.165, 1.54) is 32.1 Å². The van der Waals surface area contributed by atoms with E-state index in [1.807, 2.05) is 6.92 Å². The molecule has 0 saturated heterocycles. The molecule has 0 aromatic heterocycles. The third-order valence-corrected chi connectivity index (χ3v) is 5.03. The number of hydrogen-bond acceptors (Lipinski definition) is 2. The molecule has 0 aliphatic heterocycles. The van der Waals surface area contributed by atoms with Crippen LogP contribution < -0.4 is 0 Å². The molecule has 0 N–H and O–H groups in total. The molecule has 2 nitrogen and oxygen atoms in total. The SMILES string of the molecule is CCO[Si](C)(C)OCC(C)CCCCCC(C)C. The molecule has 0 heterocycles. The van der Waals surface area contributed by atoms with Crippen LogP contribution in [-0.4, -0.2) is 21.8 Å². The summed E-state index contributed by atoms with van der Waals surface area (Å²) in [6.07, 6.45) is 6.75. The second-order valence-electron chi connectivity index (χ2n) is 6.28. The van der Waals surface area contributed by atoms with Crippen molar-refractivity contribution in [3.8, 4) is 0 Å². The fourth-order valence-electron chi connectivity index (χ4n) is 2.04. The molecule has 1 unspecified atom stereocenters. The first-order chi connectivity index (χ1) is 8.37. The lowest BCUT2D eigenvalue weighted by Gasteiger charge is -2.24. The number of unbranched alkanes of at least 4 members (excludes halogenated alkanes) is 2.